The highest BCUT2D eigenvalue weighted by Gasteiger charge is 2.33. The number of rotatable bonds is 7. The van der Waals surface area contributed by atoms with Gasteiger partial charge in [0.25, 0.3) is 0 Å². The zero-order chi connectivity index (χ0) is 11.9. The van der Waals surface area contributed by atoms with Crippen LogP contribution in [0.4, 0.5) is 0 Å². The molecular weight excluding hydrogens is 188 g/mol. The van der Waals surface area contributed by atoms with Gasteiger partial charge in [-0.2, -0.15) is 0 Å². The average Bonchev–Trinajstić information content (AvgIpc) is 2.25. The van der Waals surface area contributed by atoms with Gasteiger partial charge in [-0.05, 0) is 32.1 Å². The van der Waals surface area contributed by atoms with Gasteiger partial charge in [0, 0.05) is 6.08 Å². The molecule has 2 unspecified atom stereocenters. The number of hydrogen-bond acceptors (Lipinski definition) is 2. The highest BCUT2D eigenvalue weighted by Crippen LogP contribution is 2.32. The lowest BCUT2D eigenvalue weighted by atomic mass is 9.81. The molecule has 0 aromatic rings. The minimum absolute atomic E-state index is 0.311. The van der Waals surface area contributed by atoms with Gasteiger partial charge in [-0.1, -0.05) is 33.8 Å². The van der Waals surface area contributed by atoms with Crippen LogP contribution in [0.3, 0.4) is 0 Å². The highest BCUT2D eigenvalue weighted by atomic mass is 16.6. The van der Waals surface area contributed by atoms with E-state index in [0.29, 0.717) is 5.92 Å². The lowest BCUT2D eigenvalue weighted by Crippen LogP contribution is -2.38. The van der Waals surface area contributed by atoms with Crippen molar-refractivity contribution in [3.05, 3.63) is 12.7 Å². The van der Waals surface area contributed by atoms with Crippen LogP contribution in [0.15, 0.2) is 12.7 Å². The minimum Gasteiger partial charge on any atom is -0.456 e. The lowest BCUT2D eigenvalue weighted by Gasteiger charge is -2.35. The van der Waals surface area contributed by atoms with Gasteiger partial charge in [0.15, 0.2) is 0 Å². The van der Waals surface area contributed by atoms with Crippen molar-refractivity contribution in [3.8, 4) is 0 Å². The highest BCUT2D eigenvalue weighted by molar-refractivity contribution is 5.81. The molecule has 0 N–H and O–H groups in total. The van der Waals surface area contributed by atoms with Crippen molar-refractivity contribution >= 4 is 5.97 Å². The first-order valence-corrected chi connectivity index (χ1v) is 5.89. The molecule has 15 heavy (non-hydrogen) atoms. The van der Waals surface area contributed by atoms with Gasteiger partial charge in [0.1, 0.15) is 5.60 Å². The first kappa shape index (κ1) is 14.2. The number of hydrogen-bond donors (Lipinski definition) is 0. The Labute approximate surface area is 93.7 Å². The van der Waals surface area contributed by atoms with Gasteiger partial charge in [0.05, 0.1) is 0 Å². The Morgan fingerprint density at radius 1 is 1.47 bits per heavy atom. The van der Waals surface area contributed by atoms with E-state index in [0.717, 1.165) is 25.7 Å². The average molecular weight is 212 g/mol. The maximum absolute atomic E-state index is 11.3. The molecular formula is C13H24O2. The third-order valence-electron chi connectivity index (χ3n) is 3.20. The van der Waals surface area contributed by atoms with Gasteiger partial charge in [0.2, 0.25) is 0 Å². The van der Waals surface area contributed by atoms with E-state index in [1.807, 2.05) is 6.92 Å². The second kappa shape index (κ2) is 6.65. The summed E-state index contributed by atoms with van der Waals surface area (Å²) in [6, 6.07) is 0. The summed E-state index contributed by atoms with van der Waals surface area (Å²) in [5.41, 5.74) is -0.337. The van der Waals surface area contributed by atoms with Crippen LogP contribution >= 0.6 is 0 Å². The molecule has 0 aromatic carbocycles. The third-order valence-corrected chi connectivity index (χ3v) is 3.20. The quantitative estimate of drug-likeness (QED) is 0.475. The van der Waals surface area contributed by atoms with E-state index < -0.39 is 0 Å². The number of carbonyl (C=O) groups is 1. The van der Waals surface area contributed by atoms with Crippen LogP contribution in [0.2, 0.25) is 0 Å². The Morgan fingerprint density at radius 2 is 2.07 bits per heavy atom. The Morgan fingerprint density at radius 3 is 2.40 bits per heavy atom. The fourth-order valence-electron chi connectivity index (χ4n) is 2.01. The van der Waals surface area contributed by atoms with Gasteiger partial charge in [-0.3, -0.25) is 0 Å². The molecule has 0 heterocycles. The maximum Gasteiger partial charge on any atom is 0.330 e. The molecule has 0 saturated heterocycles. The van der Waals surface area contributed by atoms with E-state index in [2.05, 4.69) is 27.4 Å². The summed E-state index contributed by atoms with van der Waals surface area (Å²) in [7, 11) is 0. The standard InChI is InChI=1S/C13H24O2/c1-6-10-11(7-2)13(5,9-4)15-12(14)8-3/h8,11H,3,6-7,9-10H2,1-2,4-5H3. The van der Waals surface area contributed by atoms with Crippen molar-refractivity contribution in [1.82, 2.24) is 0 Å². The molecule has 2 heteroatoms. The van der Waals surface area contributed by atoms with Crippen molar-refractivity contribution in [2.45, 2.75) is 59.0 Å². The molecule has 0 rings (SSSR count). The number of ether oxygens (including phenoxy) is 1. The number of carbonyl (C=O) groups excluding carboxylic acids is 1. The fourth-order valence-corrected chi connectivity index (χ4v) is 2.01. The third kappa shape index (κ3) is 4.06. The van der Waals surface area contributed by atoms with E-state index in [9.17, 15) is 4.79 Å². The van der Waals surface area contributed by atoms with Gasteiger partial charge in [-0.25, -0.2) is 4.79 Å². The molecule has 0 radical (unpaired) electrons. The topological polar surface area (TPSA) is 26.3 Å². The van der Waals surface area contributed by atoms with E-state index in [4.69, 9.17) is 4.74 Å². The van der Waals surface area contributed by atoms with Crippen LogP contribution in [-0.4, -0.2) is 11.6 Å². The van der Waals surface area contributed by atoms with Gasteiger partial charge >= 0.3 is 5.97 Å². The zero-order valence-corrected chi connectivity index (χ0v) is 10.5. The summed E-state index contributed by atoms with van der Waals surface area (Å²) in [5, 5.41) is 0. The zero-order valence-electron chi connectivity index (χ0n) is 10.5. The van der Waals surface area contributed by atoms with E-state index in [-0.39, 0.29) is 11.6 Å². The summed E-state index contributed by atoms with van der Waals surface area (Å²) in [6.07, 6.45) is 5.37. The Balaban J connectivity index is 4.62. The van der Waals surface area contributed by atoms with Crippen LogP contribution in [0, 0.1) is 5.92 Å². The largest absolute Gasteiger partial charge is 0.456 e. The summed E-state index contributed by atoms with van der Waals surface area (Å²) in [6.45, 7) is 11.8. The molecule has 2 nitrogen and oxygen atoms in total. The molecule has 88 valence electrons. The second-order valence-corrected chi connectivity index (χ2v) is 4.19. The fraction of sp³-hybridized carbons (Fsp3) is 0.769. The monoisotopic (exact) mass is 212 g/mol. The van der Waals surface area contributed by atoms with Crippen molar-refractivity contribution < 1.29 is 9.53 Å². The SMILES string of the molecule is C=CC(=O)OC(C)(CC)C(CC)CCC. The van der Waals surface area contributed by atoms with E-state index in [1.165, 1.54) is 6.08 Å². The van der Waals surface area contributed by atoms with Crippen LogP contribution in [-0.2, 0) is 9.53 Å². The summed E-state index contributed by atoms with van der Waals surface area (Å²) in [5.74, 6) is 0.130. The molecule has 0 aliphatic carbocycles. The first-order chi connectivity index (χ1) is 7.03. The van der Waals surface area contributed by atoms with Crippen molar-refractivity contribution in [3.63, 3.8) is 0 Å². The van der Waals surface area contributed by atoms with Gasteiger partial charge in [-0.15, -0.1) is 0 Å². The molecule has 0 aromatic heterocycles. The smallest absolute Gasteiger partial charge is 0.330 e. The van der Waals surface area contributed by atoms with Crippen molar-refractivity contribution in [2.24, 2.45) is 5.92 Å². The minimum atomic E-state index is -0.337. The van der Waals surface area contributed by atoms with Crippen molar-refractivity contribution in [2.75, 3.05) is 0 Å². The predicted molar refractivity (Wildman–Crippen MR) is 63.7 cm³/mol. The lowest BCUT2D eigenvalue weighted by molar-refractivity contribution is -0.158. The molecule has 0 fully saturated rings. The molecule has 0 amide bonds. The molecule has 0 aliphatic heterocycles. The van der Waals surface area contributed by atoms with E-state index >= 15 is 0 Å². The van der Waals surface area contributed by atoms with Crippen molar-refractivity contribution in [1.29, 1.82) is 0 Å². The second-order valence-electron chi connectivity index (χ2n) is 4.19. The van der Waals surface area contributed by atoms with Crippen LogP contribution in [0.5, 0.6) is 0 Å². The Kier molecular flexibility index (Phi) is 6.30. The number of esters is 1. The molecule has 0 saturated carbocycles. The predicted octanol–water partition coefficient (Wildman–Crippen LogP) is 3.71. The van der Waals surface area contributed by atoms with Crippen LogP contribution in [0.25, 0.3) is 0 Å². The Hall–Kier alpha value is -0.790. The van der Waals surface area contributed by atoms with Crippen LogP contribution < -0.4 is 0 Å². The summed E-state index contributed by atoms with van der Waals surface area (Å²) in [4.78, 5) is 11.3. The maximum atomic E-state index is 11.3. The normalized spacial score (nSPS) is 16.5. The summed E-state index contributed by atoms with van der Waals surface area (Å²) >= 11 is 0. The Bertz CT molecular complexity index is 211. The van der Waals surface area contributed by atoms with Crippen LogP contribution in [0.1, 0.15) is 53.4 Å². The molecule has 0 aliphatic rings. The molecule has 0 bridgehead atoms. The summed E-state index contributed by atoms with van der Waals surface area (Å²) < 4.78 is 5.48. The first-order valence-electron chi connectivity index (χ1n) is 5.89. The molecule has 0 spiro atoms. The van der Waals surface area contributed by atoms with Gasteiger partial charge < -0.3 is 4.74 Å². The molecule has 2 atom stereocenters. The van der Waals surface area contributed by atoms with E-state index in [1.54, 1.807) is 0 Å².